The maximum Gasteiger partial charge on any atom is 0.244 e. The van der Waals surface area contributed by atoms with Gasteiger partial charge >= 0.3 is 0 Å². The molecule has 0 radical (unpaired) electrons. The summed E-state index contributed by atoms with van der Waals surface area (Å²) in [6.07, 6.45) is 10.0. The van der Waals surface area contributed by atoms with Crippen LogP contribution in [0.5, 0.6) is 5.75 Å². The number of aromatic nitrogens is 3. The van der Waals surface area contributed by atoms with Crippen LogP contribution in [0.2, 0.25) is 0 Å². The first-order chi connectivity index (χ1) is 17.9. The molecular weight excluding hydrogens is 498 g/mol. The first kappa shape index (κ1) is 26.7. The summed E-state index contributed by atoms with van der Waals surface area (Å²) >= 11 is 0. The van der Waals surface area contributed by atoms with Crippen LogP contribution in [0.3, 0.4) is 0 Å². The van der Waals surface area contributed by atoms with Crippen molar-refractivity contribution in [2.24, 2.45) is 5.92 Å². The fourth-order valence-electron chi connectivity index (χ4n) is 4.53. The standard InChI is InChI=1S/C25H33N5O6S/c1-34-12-6-9-23(31)26-15-20-10-11-30(27-20)16-19-13-21(35-2)24-22(14-19)36-28-25(24)29-37(32,33)17-18-7-4-3-5-8-18/h6,9-11,13-14,18H,3-5,7-8,12,15-17H2,1-2H3,(H,26,31)(H,28,29)/b9-6+. The van der Waals surface area contributed by atoms with E-state index >= 15 is 0 Å². The summed E-state index contributed by atoms with van der Waals surface area (Å²) < 4.78 is 45.8. The number of anilines is 1. The van der Waals surface area contributed by atoms with Gasteiger partial charge in [-0.25, -0.2) is 8.42 Å². The Hall–Kier alpha value is -3.38. The zero-order valence-corrected chi connectivity index (χ0v) is 21.9. The van der Waals surface area contributed by atoms with Crippen molar-refractivity contribution < 1.29 is 27.2 Å². The van der Waals surface area contributed by atoms with E-state index < -0.39 is 10.0 Å². The van der Waals surface area contributed by atoms with Gasteiger partial charge < -0.3 is 19.3 Å². The molecule has 200 valence electrons. The molecule has 37 heavy (non-hydrogen) atoms. The van der Waals surface area contributed by atoms with Crippen molar-refractivity contribution in [3.8, 4) is 5.75 Å². The van der Waals surface area contributed by atoms with E-state index in [0.29, 0.717) is 35.6 Å². The Kier molecular flexibility index (Phi) is 8.82. The van der Waals surface area contributed by atoms with Crippen molar-refractivity contribution in [3.63, 3.8) is 0 Å². The zero-order chi connectivity index (χ0) is 26.3. The summed E-state index contributed by atoms with van der Waals surface area (Å²) in [6.45, 7) is 1.07. The molecule has 0 spiro atoms. The quantitative estimate of drug-likeness (QED) is 0.340. The highest BCUT2D eigenvalue weighted by molar-refractivity contribution is 7.92. The number of ether oxygens (including phenoxy) is 2. The van der Waals surface area contributed by atoms with Crippen LogP contribution in [0.15, 0.2) is 41.1 Å². The molecule has 1 saturated carbocycles. The second kappa shape index (κ2) is 12.2. The minimum atomic E-state index is -3.58. The van der Waals surface area contributed by atoms with Crippen LogP contribution in [-0.2, 0) is 32.6 Å². The third kappa shape index (κ3) is 7.32. The molecule has 2 heterocycles. The molecule has 0 saturated heterocycles. The Morgan fingerprint density at radius 2 is 2.05 bits per heavy atom. The van der Waals surface area contributed by atoms with Gasteiger partial charge in [0.1, 0.15) is 11.1 Å². The number of nitrogens with one attached hydrogen (secondary N) is 2. The molecular formula is C25H33N5O6S. The van der Waals surface area contributed by atoms with E-state index in [1.807, 2.05) is 18.3 Å². The lowest BCUT2D eigenvalue weighted by molar-refractivity contribution is -0.116. The average Bonchev–Trinajstić information content (AvgIpc) is 3.49. The van der Waals surface area contributed by atoms with Gasteiger partial charge in [0.05, 0.1) is 38.3 Å². The highest BCUT2D eigenvalue weighted by atomic mass is 32.2. The van der Waals surface area contributed by atoms with Crippen LogP contribution in [0.4, 0.5) is 5.82 Å². The van der Waals surface area contributed by atoms with Crippen LogP contribution < -0.4 is 14.8 Å². The second-order valence-corrected chi connectivity index (χ2v) is 10.9. The minimum Gasteiger partial charge on any atom is -0.496 e. The fraction of sp³-hybridized carbons (Fsp3) is 0.480. The number of hydrogen-bond donors (Lipinski definition) is 2. The van der Waals surface area contributed by atoms with Crippen molar-refractivity contribution in [2.75, 3.05) is 31.3 Å². The molecule has 11 nitrogen and oxygen atoms in total. The summed E-state index contributed by atoms with van der Waals surface area (Å²) in [5, 5.41) is 11.7. The van der Waals surface area contributed by atoms with E-state index in [9.17, 15) is 13.2 Å². The zero-order valence-electron chi connectivity index (χ0n) is 21.1. The maximum absolute atomic E-state index is 12.8. The SMILES string of the molecule is COC/C=C/C(=O)NCc1ccn(Cc2cc(OC)c3c(NS(=O)(=O)CC4CCCCC4)noc3c2)n1. The van der Waals surface area contributed by atoms with Crippen LogP contribution >= 0.6 is 0 Å². The Bertz CT molecular complexity index is 1340. The van der Waals surface area contributed by atoms with Gasteiger partial charge in [0, 0.05) is 19.4 Å². The monoisotopic (exact) mass is 531 g/mol. The van der Waals surface area contributed by atoms with Crippen molar-refractivity contribution in [3.05, 3.63) is 47.8 Å². The third-order valence-electron chi connectivity index (χ3n) is 6.27. The normalized spacial score (nSPS) is 14.9. The first-order valence-electron chi connectivity index (χ1n) is 12.3. The number of carbonyl (C=O) groups is 1. The van der Waals surface area contributed by atoms with Gasteiger partial charge in [0.15, 0.2) is 11.4 Å². The molecule has 0 atom stereocenters. The van der Waals surface area contributed by atoms with E-state index in [0.717, 1.165) is 31.2 Å². The van der Waals surface area contributed by atoms with Gasteiger partial charge in [-0.1, -0.05) is 30.5 Å². The largest absolute Gasteiger partial charge is 0.496 e. The van der Waals surface area contributed by atoms with E-state index in [2.05, 4.69) is 20.3 Å². The van der Waals surface area contributed by atoms with Crippen LogP contribution in [0.1, 0.15) is 43.4 Å². The van der Waals surface area contributed by atoms with Gasteiger partial charge in [-0.2, -0.15) is 5.10 Å². The predicted molar refractivity (Wildman–Crippen MR) is 139 cm³/mol. The van der Waals surface area contributed by atoms with Crippen molar-refractivity contribution in [1.29, 1.82) is 0 Å². The predicted octanol–water partition coefficient (Wildman–Crippen LogP) is 3.22. The number of rotatable bonds is 12. The number of benzene rings is 1. The first-order valence-corrected chi connectivity index (χ1v) is 13.9. The number of methoxy groups -OCH3 is 2. The summed E-state index contributed by atoms with van der Waals surface area (Å²) in [4.78, 5) is 11.8. The Morgan fingerprint density at radius 1 is 1.24 bits per heavy atom. The smallest absolute Gasteiger partial charge is 0.244 e. The van der Waals surface area contributed by atoms with Crippen LogP contribution in [-0.4, -0.2) is 55.8 Å². The van der Waals surface area contributed by atoms with Crippen molar-refractivity contribution >= 4 is 32.7 Å². The number of fused-ring (bicyclic) bond motifs is 1. The topological polar surface area (TPSA) is 138 Å². The molecule has 0 aliphatic heterocycles. The second-order valence-electron chi connectivity index (χ2n) is 9.17. The average molecular weight is 532 g/mol. The molecule has 2 N–H and O–H groups in total. The minimum absolute atomic E-state index is 0.0767. The molecule has 2 aromatic heterocycles. The van der Waals surface area contributed by atoms with Gasteiger partial charge in [0.2, 0.25) is 15.9 Å². The summed E-state index contributed by atoms with van der Waals surface area (Å²) in [6, 6.07) is 5.41. The summed E-state index contributed by atoms with van der Waals surface area (Å²) in [5.41, 5.74) is 1.95. The molecule has 1 amide bonds. The lowest BCUT2D eigenvalue weighted by Gasteiger charge is -2.21. The van der Waals surface area contributed by atoms with Gasteiger partial charge in [-0.3, -0.25) is 14.2 Å². The highest BCUT2D eigenvalue weighted by Gasteiger charge is 2.24. The maximum atomic E-state index is 12.8. The molecule has 3 aromatic rings. The van der Waals surface area contributed by atoms with Crippen LogP contribution in [0, 0.1) is 5.92 Å². The summed E-state index contributed by atoms with van der Waals surface area (Å²) in [5.74, 6) is 0.597. The molecule has 1 aliphatic rings. The van der Waals surface area contributed by atoms with Gasteiger partial charge in [-0.05, 0) is 42.5 Å². The lowest BCUT2D eigenvalue weighted by atomic mass is 9.91. The Morgan fingerprint density at radius 3 is 2.81 bits per heavy atom. The lowest BCUT2D eigenvalue weighted by Crippen LogP contribution is -2.24. The number of amides is 1. The third-order valence-corrected chi connectivity index (χ3v) is 7.68. The molecule has 1 aliphatic carbocycles. The number of carbonyl (C=O) groups excluding carboxylic acids is 1. The Labute approximate surface area is 216 Å². The van der Waals surface area contributed by atoms with Crippen molar-refractivity contribution in [2.45, 2.75) is 45.2 Å². The molecule has 4 rings (SSSR count). The molecule has 12 heteroatoms. The number of sulfonamides is 1. The van der Waals surface area contributed by atoms with E-state index in [1.165, 1.54) is 19.6 Å². The molecule has 0 unspecified atom stereocenters. The van der Waals surface area contributed by atoms with Crippen molar-refractivity contribution in [1.82, 2.24) is 20.3 Å². The molecule has 1 aromatic carbocycles. The number of nitrogens with zero attached hydrogens (tertiary/aromatic N) is 3. The van der Waals surface area contributed by atoms with Gasteiger partial charge in [0.25, 0.3) is 0 Å². The molecule has 1 fully saturated rings. The van der Waals surface area contributed by atoms with E-state index in [4.69, 9.17) is 14.0 Å². The van der Waals surface area contributed by atoms with E-state index in [-0.39, 0.29) is 29.9 Å². The van der Waals surface area contributed by atoms with Crippen LogP contribution in [0.25, 0.3) is 11.0 Å². The fourth-order valence-corrected chi connectivity index (χ4v) is 6.00. The van der Waals surface area contributed by atoms with Gasteiger partial charge in [-0.15, -0.1) is 0 Å². The van der Waals surface area contributed by atoms with E-state index in [1.54, 1.807) is 23.9 Å². The highest BCUT2D eigenvalue weighted by Crippen LogP contribution is 2.35. The number of hydrogen-bond acceptors (Lipinski definition) is 8. The Balaban J connectivity index is 1.43. The summed E-state index contributed by atoms with van der Waals surface area (Å²) in [7, 11) is -0.503. The molecule has 0 bridgehead atoms.